The van der Waals surface area contributed by atoms with Gasteiger partial charge in [0.25, 0.3) is 5.91 Å². The summed E-state index contributed by atoms with van der Waals surface area (Å²) >= 11 is 5.80. The third-order valence-electron chi connectivity index (χ3n) is 2.20. The van der Waals surface area contributed by atoms with Gasteiger partial charge in [-0.05, 0) is 24.3 Å². The Hall–Kier alpha value is -2.01. The van der Waals surface area contributed by atoms with Crippen molar-refractivity contribution in [1.82, 2.24) is 15.5 Å². The summed E-state index contributed by atoms with van der Waals surface area (Å²) in [5, 5.41) is 9.81. The molecule has 0 aliphatic carbocycles. The molecule has 0 radical (unpaired) electrons. The van der Waals surface area contributed by atoms with Crippen molar-refractivity contribution in [3.05, 3.63) is 47.2 Å². The lowest BCUT2D eigenvalue weighted by Crippen LogP contribution is -2.28. The maximum atomic E-state index is 11.5. The number of halogens is 1. The maximum absolute atomic E-state index is 11.5. The van der Waals surface area contributed by atoms with Gasteiger partial charge in [-0.25, -0.2) is 0 Å². The highest BCUT2D eigenvalue weighted by atomic mass is 35.5. The van der Waals surface area contributed by atoms with Crippen LogP contribution in [-0.4, -0.2) is 22.7 Å². The van der Waals surface area contributed by atoms with Crippen molar-refractivity contribution in [2.75, 3.05) is 6.61 Å². The Bertz CT molecular complexity index is 514. The molecule has 0 atom stereocenters. The van der Waals surface area contributed by atoms with Gasteiger partial charge >= 0.3 is 0 Å². The predicted octanol–water partition coefficient (Wildman–Crippen LogP) is 1.76. The number of hydrogen-bond acceptors (Lipinski definition) is 3. The molecule has 6 heteroatoms. The van der Waals surface area contributed by atoms with Gasteiger partial charge < -0.3 is 10.1 Å². The average molecular weight is 266 g/mol. The number of hydrogen-bond donors (Lipinski definition) is 2. The molecule has 18 heavy (non-hydrogen) atoms. The molecule has 5 nitrogen and oxygen atoms in total. The Morgan fingerprint density at radius 1 is 1.44 bits per heavy atom. The number of amides is 1. The fourth-order valence-electron chi connectivity index (χ4n) is 1.33. The third-order valence-corrected chi connectivity index (χ3v) is 2.44. The summed E-state index contributed by atoms with van der Waals surface area (Å²) in [6, 6.07) is 8.70. The lowest BCUT2D eigenvalue weighted by molar-refractivity contribution is -0.123. The maximum Gasteiger partial charge on any atom is 0.258 e. The number of carbonyl (C=O) groups is 1. The first-order valence-corrected chi connectivity index (χ1v) is 5.75. The fraction of sp³-hybridized carbons (Fsp3) is 0.167. The Morgan fingerprint density at radius 2 is 2.33 bits per heavy atom. The van der Waals surface area contributed by atoms with Crippen LogP contribution in [0.4, 0.5) is 0 Å². The van der Waals surface area contributed by atoms with Crippen LogP contribution in [0, 0.1) is 0 Å². The molecule has 0 aliphatic heterocycles. The van der Waals surface area contributed by atoms with Gasteiger partial charge in [-0.3, -0.25) is 9.89 Å². The van der Waals surface area contributed by atoms with E-state index in [1.165, 1.54) is 0 Å². The second-order valence-electron chi connectivity index (χ2n) is 3.60. The van der Waals surface area contributed by atoms with E-state index in [2.05, 4.69) is 15.5 Å². The summed E-state index contributed by atoms with van der Waals surface area (Å²) in [6.45, 7) is 0.353. The number of rotatable bonds is 5. The molecule has 0 spiro atoms. The molecule has 1 amide bonds. The van der Waals surface area contributed by atoms with Crippen LogP contribution in [0.2, 0.25) is 5.02 Å². The molecule has 1 aromatic heterocycles. The van der Waals surface area contributed by atoms with Gasteiger partial charge in [0.15, 0.2) is 6.61 Å². The van der Waals surface area contributed by atoms with Crippen LogP contribution < -0.4 is 10.1 Å². The number of benzene rings is 1. The minimum atomic E-state index is -0.204. The number of aromatic amines is 1. The normalized spacial score (nSPS) is 10.1. The van der Waals surface area contributed by atoms with E-state index >= 15 is 0 Å². The molecule has 2 rings (SSSR count). The van der Waals surface area contributed by atoms with Crippen molar-refractivity contribution in [3.63, 3.8) is 0 Å². The lowest BCUT2D eigenvalue weighted by atomic mass is 10.3. The molecular formula is C12H12ClN3O2. The highest BCUT2D eigenvalue weighted by molar-refractivity contribution is 6.30. The Labute approximate surface area is 109 Å². The van der Waals surface area contributed by atoms with E-state index in [0.717, 1.165) is 5.69 Å². The molecule has 0 aliphatic rings. The van der Waals surface area contributed by atoms with Crippen LogP contribution >= 0.6 is 11.6 Å². The zero-order valence-electron chi connectivity index (χ0n) is 9.52. The zero-order valence-corrected chi connectivity index (χ0v) is 10.3. The summed E-state index contributed by atoms with van der Waals surface area (Å²) in [5.41, 5.74) is 0.839. The Kier molecular flexibility index (Phi) is 4.20. The van der Waals surface area contributed by atoms with Crippen molar-refractivity contribution < 1.29 is 9.53 Å². The smallest absolute Gasteiger partial charge is 0.258 e. The molecule has 2 N–H and O–H groups in total. The van der Waals surface area contributed by atoms with Crippen LogP contribution in [0.15, 0.2) is 36.5 Å². The largest absolute Gasteiger partial charge is 0.484 e. The summed E-state index contributed by atoms with van der Waals surface area (Å²) in [4.78, 5) is 11.5. The van der Waals surface area contributed by atoms with Crippen molar-refractivity contribution in [3.8, 4) is 5.75 Å². The fourth-order valence-corrected chi connectivity index (χ4v) is 1.51. The number of nitrogens with one attached hydrogen (secondary N) is 2. The first kappa shape index (κ1) is 12.4. The molecular weight excluding hydrogens is 254 g/mol. The van der Waals surface area contributed by atoms with E-state index in [0.29, 0.717) is 17.3 Å². The second kappa shape index (κ2) is 6.07. The Morgan fingerprint density at radius 3 is 3.06 bits per heavy atom. The highest BCUT2D eigenvalue weighted by Gasteiger charge is 2.03. The van der Waals surface area contributed by atoms with E-state index in [-0.39, 0.29) is 12.5 Å². The summed E-state index contributed by atoms with van der Waals surface area (Å²) < 4.78 is 5.30. The number of H-pyrrole nitrogens is 1. The van der Waals surface area contributed by atoms with E-state index in [4.69, 9.17) is 16.3 Å². The van der Waals surface area contributed by atoms with E-state index in [1.807, 2.05) is 0 Å². The van der Waals surface area contributed by atoms with Crippen molar-refractivity contribution >= 4 is 17.5 Å². The topological polar surface area (TPSA) is 67.0 Å². The van der Waals surface area contributed by atoms with Crippen LogP contribution in [0.1, 0.15) is 5.69 Å². The summed E-state index contributed by atoms with van der Waals surface area (Å²) in [7, 11) is 0. The number of carbonyl (C=O) groups excluding carboxylic acids is 1. The van der Waals surface area contributed by atoms with Gasteiger partial charge in [-0.15, -0.1) is 0 Å². The van der Waals surface area contributed by atoms with Gasteiger partial charge in [0.1, 0.15) is 5.75 Å². The van der Waals surface area contributed by atoms with Crippen LogP contribution in [0.3, 0.4) is 0 Å². The summed E-state index contributed by atoms with van der Waals surface area (Å²) in [6.07, 6.45) is 1.63. The number of aromatic nitrogens is 2. The minimum absolute atomic E-state index is 0.0471. The first-order chi connectivity index (χ1) is 8.74. The van der Waals surface area contributed by atoms with Crippen molar-refractivity contribution in [1.29, 1.82) is 0 Å². The van der Waals surface area contributed by atoms with E-state index < -0.39 is 0 Å². The quantitative estimate of drug-likeness (QED) is 0.866. The van der Waals surface area contributed by atoms with E-state index in [9.17, 15) is 4.79 Å². The molecule has 1 heterocycles. The van der Waals surface area contributed by atoms with Gasteiger partial charge in [0.2, 0.25) is 0 Å². The number of nitrogens with zero attached hydrogens (tertiary/aromatic N) is 1. The lowest BCUT2D eigenvalue weighted by Gasteiger charge is -2.06. The molecule has 94 valence electrons. The zero-order chi connectivity index (χ0) is 12.8. The monoisotopic (exact) mass is 265 g/mol. The third kappa shape index (κ3) is 3.78. The van der Waals surface area contributed by atoms with Gasteiger partial charge in [0.05, 0.1) is 12.2 Å². The molecule has 0 unspecified atom stereocenters. The SMILES string of the molecule is O=C(COc1cccc(Cl)c1)NCc1ccn[nH]1. The predicted molar refractivity (Wildman–Crippen MR) is 67.4 cm³/mol. The minimum Gasteiger partial charge on any atom is -0.484 e. The molecule has 2 aromatic rings. The molecule has 0 saturated carbocycles. The van der Waals surface area contributed by atoms with Crippen molar-refractivity contribution in [2.45, 2.75) is 6.54 Å². The number of ether oxygens (including phenoxy) is 1. The van der Waals surface area contributed by atoms with Crippen LogP contribution in [0.5, 0.6) is 5.75 Å². The summed E-state index contributed by atoms with van der Waals surface area (Å²) in [5.74, 6) is 0.365. The average Bonchev–Trinajstić information content (AvgIpc) is 2.87. The molecule has 1 aromatic carbocycles. The molecule has 0 saturated heterocycles. The molecule has 0 fully saturated rings. The van der Waals surface area contributed by atoms with Crippen LogP contribution in [-0.2, 0) is 11.3 Å². The van der Waals surface area contributed by atoms with Crippen molar-refractivity contribution in [2.24, 2.45) is 0 Å². The first-order valence-electron chi connectivity index (χ1n) is 5.37. The van der Waals surface area contributed by atoms with Gasteiger partial charge in [0, 0.05) is 11.2 Å². The van der Waals surface area contributed by atoms with Gasteiger partial charge in [-0.1, -0.05) is 17.7 Å². The Balaban J connectivity index is 1.75. The van der Waals surface area contributed by atoms with E-state index in [1.54, 1.807) is 36.5 Å². The highest BCUT2D eigenvalue weighted by Crippen LogP contribution is 2.16. The standard InChI is InChI=1S/C12H12ClN3O2/c13-9-2-1-3-11(6-9)18-8-12(17)14-7-10-4-5-15-16-10/h1-6H,7-8H2,(H,14,17)(H,15,16). The van der Waals surface area contributed by atoms with Crippen LogP contribution in [0.25, 0.3) is 0 Å². The van der Waals surface area contributed by atoms with Gasteiger partial charge in [-0.2, -0.15) is 5.10 Å². The second-order valence-corrected chi connectivity index (χ2v) is 4.04. The molecule has 0 bridgehead atoms.